The fraction of sp³-hybridized carbons (Fsp3) is 0.200. The lowest BCUT2D eigenvalue weighted by molar-refractivity contribution is 0.0735. The minimum atomic E-state index is -0.0000454. The van der Waals surface area contributed by atoms with Gasteiger partial charge in [-0.15, -0.1) is 11.3 Å². The van der Waals surface area contributed by atoms with Gasteiger partial charge >= 0.3 is 0 Å². The second-order valence-electron chi connectivity index (χ2n) is 8.31. The Balaban J connectivity index is 1.27. The van der Waals surface area contributed by atoms with E-state index in [9.17, 15) is 4.79 Å². The molecule has 1 aliphatic heterocycles. The van der Waals surface area contributed by atoms with Gasteiger partial charge in [-0.05, 0) is 11.6 Å². The van der Waals surface area contributed by atoms with Gasteiger partial charge in [-0.3, -0.25) is 9.48 Å². The van der Waals surface area contributed by atoms with Crippen LogP contribution in [0.2, 0.25) is 0 Å². The molecule has 0 bridgehead atoms. The van der Waals surface area contributed by atoms with Gasteiger partial charge < -0.3 is 15.2 Å². The topological polar surface area (TPSA) is 91.7 Å². The van der Waals surface area contributed by atoms with E-state index >= 15 is 0 Å². The number of thiazole rings is 1. The van der Waals surface area contributed by atoms with E-state index in [2.05, 4.69) is 49.8 Å². The maximum absolute atomic E-state index is 12.8. The van der Waals surface area contributed by atoms with E-state index in [0.29, 0.717) is 18.1 Å². The number of hydrogen-bond acceptors (Lipinski definition) is 6. The van der Waals surface area contributed by atoms with Crippen molar-refractivity contribution in [2.24, 2.45) is 0 Å². The molecule has 5 aromatic rings. The minimum Gasteiger partial charge on any atom is -0.346 e. The Hall–Kier alpha value is -3.82. The van der Waals surface area contributed by atoms with E-state index in [1.54, 1.807) is 6.20 Å². The average molecular weight is 470 g/mol. The molecule has 5 heterocycles. The first-order chi connectivity index (χ1) is 16.7. The summed E-state index contributed by atoms with van der Waals surface area (Å²) in [6.45, 7) is 3.79. The highest BCUT2D eigenvalue weighted by Gasteiger charge is 2.21. The van der Waals surface area contributed by atoms with Crippen LogP contribution < -0.4 is 5.32 Å². The second-order valence-corrected chi connectivity index (χ2v) is 9.17. The molecular formula is C25H23N7OS. The summed E-state index contributed by atoms with van der Waals surface area (Å²) < 4.78 is 1.94. The number of hydrogen-bond donors (Lipinski definition) is 2. The fourth-order valence-electron chi connectivity index (χ4n) is 4.25. The molecule has 2 N–H and O–H groups in total. The summed E-state index contributed by atoms with van der Waals surface area (Å²) in [4.78, 5) is 27.2. The molecule has 6 rings (SSSR count). The van der Waals surface area contributed by atoms with Gasteiger partial charge in [0, 0.05) is 72.2 Å². The maximum Gasteiger partial charge on any atom is 0.282 e. The Bertz CT molecular complexity index is 1450. The number of fused-ring (bicyclic) bond motifs is 1. The van der Waals surface area contributed by atoms with Crippen molar-refractivity contribution in [1.29, 1.82) is 0 Å². The Morgan fingerprint density at radius 1 is 1.09 bits per heavy atom. The van der Waals surface area contributed by atoms with Gasteiger partial charge in [0.25, 0.3) is 5.91 Å². The van der Waals surface area contributed by atoms with Crippen molar-refractivity contribution >= 4 is 28.3 Å². The van der Waals surface area contributed by atoms with E-state index in [1.165, 1.54) is 16.9 Å². The minimum absolute atomic E-state index is 0.0000454. The van der Waals surface area contributed by atoms with E-state index in [4.69, 9.17) is 0 Å². The lowest BCUT2D eigenvalue weighted by Crippen LogP contribution is -2.46. The van der Waals surface area contributed by atoms with Crippen molar-refractivity contribution in [3.05, 3.63) is 77.1 Å². The van der Waals surface area contributed by atoms with Crippen LogP contribution in [-0.2, 0) is 6.54 Å². The number of nitrogens with zero attached hydrogens (tertiary/aromatic N) is 5. The molecule has 0 spiro atoms. The number of amides is 1. The van der Waals surface area contributed by atoms with Crippen LogP contribution in [0.15, 0.2) is 66.6 Å². The number of aromatic amines is 1. The number of carbonyl (C=O) groups is 1. The summed E-state index contributed by atoms with van der Waals surface area (Å²) >= 11 is 1.39. The van der Waals surface area contributed by atoms with E-state index < -0.39 is 0 Å². The number of rotatable bonds is 5. The molecular weight excluding hydrogens is 446 g/mol. The van der Waals surface area contributed by atoms with Gasteiger partial charge in [0.2, 0.25) is 0 Å². The summed E-state index contributed by atoms with van der Waals surface area (Å²) in [5.41, 5.74) is 5.73. The Morgan fingerprint density at radius 3 is 2.79 bits per heavy atom. The van der Waals surface area contributed by atoms with Crippen molar-refractivity contribution in [2.45, 2.75) is 6.54 Å². The first-order valence-corrected chi connectivity index (χ1v) is 12.1. The Labute approximate surface area is 200 Å². The lowest BCUT2D eigenvalue weighted by Gasteiger charge is -2.26. The Kier molecular flexibility index (Phi) is 5.40. The van der Waals surface area contributed by atoms with Gasteiger partial charge in [0.15, 0.2) is 5.01 Å². The molecule has 1 fully saturated rings. The predicted octanol–water partition coefficient (Wildman–Crippen LogP) is 3.64. The second kappa shape index (κ2) is 8.85. The van der Waals surface area contributed by atoms with Crippen LogP contribution in [0.5, 0.6) is 0 Å². The van der Waals surface area contributed by atoms with Crippen molar-refractivity contribution in [2.75, 3.05) is 26.2 Å². The van der Waals surface area contributed by atoms with E-state index in [0.717, 1.165) is 53.1 Å². The third-order valence-corrected chi connectivity index (χ3v) is 6.88. The molecule has 34 heavy (non-hydrogen) atoms. The quantitative estimate of drug-likeness (QED) is 0.410. The highest BCUT2D eigenvalue weighted by molar-refractivity contribution is 7.12. The molecule has 1 aliphatic rings. The van der Waals surface area contributed by atoms with Gasteiger partial charge in [-0.25, -0.2) is 9.97 Å². The van der Waals surface area contributed by atoms with Crippen molar-refractivity contribution in [3.63, 3.8) is 0 Å². The first-order valence-electron chi connectivity index (χ1n) is 11.2. The van der Waals surface area contributed by atoms with Gasteiger partial charge in [0.1, 0.15) is 5.65 Å². The number of piperazine rings is 1. The van der Waals surface area contributed by atoms with Gasteiger partial charge in [0.05, 0.1) is 18.4 Å². The van der Waals surface area contributed by atoms with Crippen LogP contribution >= 0.6 is 11.3 Å². The molecule has 0 atom stereocenters. The van der Waals surface area contributed by atoms with Crippen molar-refractivity contribution in [3.8, 4) is 22.4 Å². The maximum atomic E-state index is 12.8. The molecule has 1 amide bonds. The van der Waals surface area contributed by atoms with Gasteiger partial charge in [-0.1, -0.05) is 30.3 Å². The van der Waals surface area contributed by atoms with Crippen LogP contribution in [0, 0.1) is 0 Å². The van der Waals surface area contributed by atoms with Crippen LogP contribution in [0.25, 0.3) is 33.4 Å². The van der Waals surface area contributed by atoms with Crippen LogP contribution in [-0.4, -0.2) is 61.7 Å². The van der Waals surface area contributed by atoms with Crippen LogP contribution in [0.3, 0.4) is 0 Å². The van der Waals surface area contributed by atoms with E-state index in [1.807, 2.05) is 45.6 Å². The molecule has 0 unspecified atom stereocenters. The van der Waals surface area contributed by atoms with Crippen molar-refractivity contribution < 1.29 is 4.79 Å². The van der Waals surface area contributed by atoms with E-state index in [-0.39, 0.29) is 5.91 Å². The molecule has 0 radical (unpaired) electrons. The molecule has 4 aromatic heterocycles. The number of pyridine rings is 1. The molecule has 8 nitrogen and oxygen atoms in total. The fourth-order valence-corrected chi connectivity index (χ4v) is 5.04. The third kappa shape index (κ3) is 4.00. The summed E-state index contributed by atoms with van der Waals surface area (Å²) in [7, 11) is 0. The normalized spacial score (nSPS) is 14.1. The number of benzene rings is 1. The molecule has 9 heteroatoms. The summed E-state index contributed by atoms with van der Waals surface area (Å²) in [5, 5.41) is 11.3. The summed E-state index contributed by atoms with van der Waals surface area (Å²) in [5.74, 6) is -0.0000454. The molecule has 170 valence electrons. The molecule has 1 saturated heterocycles. The zero-order valence-electron chi connectivity index (χ0n) is 18.4. The largest absolute Gasteiger partial charge is 0.346 e. The number of H-pyrrole nitrogens is 1. The standard InChI is InChI=1S/C25H23N7OS/c33-25(31-8-6-26-7-9-31)24-30-22(16-34-24)18-10-20-21(13-28-23(20)27-11-18)19-12-29-32(15-19)14-17-4-2-1-3-5-17/h1-5,10-13,15-16,26H,6-9,14H2,(H,27,28). The zero-order valence-corrected chi connectivity index (χ0v) is 19.3. The summed E-state index contributed by atoms with van der Waals surface area (Å²) in [6.07, 6.45) is 7.70. The highest BCUT2D eigenvalue weighted by Crippen LogP contribution is 2.31. The van der Waals surface area contributed by atoms with Gasteiger partial charge in [-0.2, -0.15) is 5.10 Å². The lowest BCUT2D eigenvalue weighted by atomic mass is 10.1. The van der Waals surface area contributed by atoms with Crippen LogP contribution in [0.1, 0.15) is 15.4 Å². The SMILES string of the molecule is O=C(c1nc(-c2cnc3[nH]cc(-c4cnn(Cc5ccccc5)c4)c3c2)cs1)N1CCNCC1. The van der Waals surface area contributed by atoms with Crippen LogP contribution in [0.4, 0.5) is 0 Å². The number of nitrogens with one attached hydrogen (secondary N) is 2. The highest BCUT2D eigenvalue weighted by atomic mass is 32.1. The molecule has 0 saturated carbocycles. The number of aromatic nitrogens is 5. The molecule has 1 aromatic carbocycles. The zero-order chi connectivity index (χ0) is 22.9. The smallest absolute Gasteiger partial charge is 0.282 e. The van der Waals surface area contributed by atoms with Crippen molar-refractivity contribution in [1.82, 2.24) is 34.9 Å². The average Bonchev–Trinajstić information content (AvgIpc) is 3.64. The monoisotopic (exact) mass is 469 g/mol. The predicted molar refractivity (Wildman–Crippen MR) is 133 cm³/mol. The summed E-state index contributed by atoms with van der Waals surface area (Å²) in [6, 6.07) is 12.4. The first kappa shape index (κ1) is 20.8. The number of carbonyl (C=O) groups excluding carboxylic acids is 1. The third-order valence-electron chi connectivity index (χ3n) is 6.05. The molecule has 0 aliphatic carbocycles. The Morgan fingerprint density at radius 2 is 1.94 bits per heavy atom.